The van der Waals surface area contributed by atoms with Crippen LogP contribution in [0.4, 0.5) is 5.95 Å². The maximum absolute atomic E-state index is 9.22. The zero-order valence-corrected chi connectivity index (χ0v) is 18.5. The third-order valence-electron chi connectivity index (χ3n) is 4.07. The molecule has 3 aromatic heterocycles. The molecule has 14 heteroatoms. The fraction of sp³-hybridized carbons (Fsp3) is 0.375. The number of nitrogen functional groups attached to an aromatic ring is 1. The zero-order valence-electron chi connectivity index (χ0n) is 16.9. The fourth-order valence-electron chi connectivity index (χ4n) is 2.77. The maximum Gasteiger partial charge on any atom is 0.260 e. The zero-order chi connectivity index (χ0) is 22.6. The lowest BCUT2D eigenvalue weighted by Gasteiger charge is -2.11. The molecular weight excluding hydrogens is 440 g/mol. The van der Waals surface area contributed by atoms with Crippen molar-refractivity contribution in [2.24, 2.45) is 0 Å². The van der Waals surface area contributed by atoms with Crippen LogP contribution in [0.5, 0.6) is 5.75 Å². The molecule has 12 nitrogen and oxygen atoms in total. The van der Waals surface area contributed by atoms with Gasteiger partial charge in [-0.3, -0.25) is 9.02 Å². The van der Waals surface area contributed by atoms with Crippen molar-refractivity contribution in [3.8, 4) is 5.75 Å². The number of aryl methyl sites for hydroxylation is 1. The quantitative estimate of drug-likeness (QED) is 0.241. The van der Waals surface area contributed by atoms with Gasteiger partial charge in [0.2, 0.25) is 22.5 Å². The smallest absolute Gasteiger partial charge is 0.260 e. The first-order valence-corrected chi connectivity index (χ1v) is 10.0. The first-order valence-electron chi connectivity index (χ1n) is 8.30. The second kappa shape index (κ2) is 9.38. The van der Waals surface area contributed by atoms with Crippen LogP contribution in [0, 0.1) is 13.8 Å². The minimum absolute atomic E-state index is 0.104. The number of hydrogen-bond acceptors (Lipinski definition) is 10. The van der Waals surface area contributed by atoms with Gasteiger partial charge in [-0.05, 0) is 13.8 Å². The Morgan fingerprint density at radius 2 is 1.90 bits per heavy atom. The monoisotopic (exact) mass is 460 g/mol. The molecule has 0 atom stereocenters. The molecule has 0 saturated carbocycles. The first kappa shape index (κ1) is 23.5. The number of halogens is 1. The van der Waals surface area contributed by atoms with Crippen molar-refractivity contribution >= 4 is 39.1 Å². The SMILES string of the molecule is COS(=O)(=O)[O-].COc1c(C)c[n+](OC)c(Cn2cnc3c(Cl)nc(N)nc32)c1C. The molecule has 0 bridgehead atoms. The fourth-order valence-corrected chi connectivity index (χ4v) is 2.99. The second-order valence-electron chi connectivity index (χ2n) is 5.92. The van der Waals surface area contributed by atoms with Crippen LogP contribution in [0.1, 0.15) is 16.8 Å². The van der Waals surface area contributed by atoms with Gasteiger partial charge in [-0.2, -0.15) is 9.97 Å². The largest absolute Gasteiger partial charge is 0.726 e. The lowest BCUT2D eigenvalue weighted by molar-refractivity contribution is -0.891. The summed E-state index contributed by atoms with van der Waals surface area (Å²) >= 11 is 6.08. The van der Waals surface area contributed by atoms with E-state index in [1.807, 2.05) is 24.6 Å². The molecule has 30 heavy (non-hydrogen) atoms. The summed E-state index contributed by atoms with van der Waals surface area (Å²) in [5, 5.41) is 0.231. The molecule has 3 heterocycles. The standard InChI is InChI=1S/C15H18ClN6O2.CH4O4S/c1-8-5-22(24-4)10(9(2)12(8)23-3)6-21-7-18-11-13(16)19-15(17)20-14(11)21;1-5-6(2,3)4/h5,7H,6H2,1-4H3,(H2,17,19,20);1H3,(H,2,3,4)/q+1;/p-1. The van der Waals surface area contributed by atoms with Gasteiger partial charge >= 0.3 is 0 Å². The second-order valence-corrected chi connectivity index (χ2v) is 7.43. The summed E-state index contributed by atoms with van der Waals surface area (Å²) in [6, 6.07) is 0. The number of imidazole rings is 1. The summed E-state index contributed by atoms with van der Waals surface area (Å²) in [5.74, 6) is 0.918. The number of ether oxygens (including phenoxy) is 1. The van der Waals surface area contributed by atoms with E-state index in [-0.39, 0.29) is 11.1 Å². The molecule has 0 amide bonds. The molecule has 2 N–H and O–H groups in total. The molecule has 0 spiro atoms. The van der Waals surface area contributed by atoms with Crippen LogP contribution < -0.4 is 20.0 Å². The Bertz CT molecular complexity index is 1170. The van der Waals surface area contributed by atoms with Gasteiger partial charge in [-0.25, -0.2) is 13.4 Å². The maximum atomic E-state index is 9.22. The van der Waals surface area contributed by atoms with Crippen LogP contribution in [0.15, 0.2) is 12.5 Å². The number of methoxy groups -OCH3 is 1. The van der Waals surface area contributed by atoms with E-state index >= 15 is 0 Å². The van der Waals surface area contributed by atoms with Gasteiger partial charge in [0.25, 0.3) is 5.69 Å². The molecule has 164 valence electrons. The average molecular weight is 461 g/mol. The van der Waals surface area contributed by atoms with Crippen LogP contribution in [-0.4, -0.2) is 53.8 Å². The van der Waals surface area contributed by atoms with E-state index in [0.29, 0.717) is 17.7 Å². The van der Waals surface area contributed by atoms with Gasteiger partial charge < -0.3 is 19.6 Å². The topological polar surface area (TPSA) is 158 Å². The Morgan fingerprint density at radius 3 is 2.43 bits per heavy atom. The van der Waals surface area contributed by atoms with Gasteiger partial charge in [0, 0.05) is 4.73 Å². The lowest BCUT2D eigenvalue weighted by atomic mass is 10.1. The highest BCUT2D eigenvalue weighted by atomic mass is 35.5. The Hall–Kier alpha value is -2.74. The van der Waals surface area contributed by atoms with Crippen molar-refractivity contribution in [1.29, 1.82) is 0 Å². The number of aromatic nitrogens is 5. The van der Waals surface area contributed by atoms with E-state index in [4.69, 9.17) is 26.9 Å². The van der Waals surface area contributed by atoms with Gasteiger partial charge in [0.1, 0.15) is 24.9 Å². The average Bonchev–Trinajstić information content (AvgIpc) is 3.07. The number of anilines is 1. The lowest BCUT2D eigenvalue weighted by Crippen LogP contribution is -2.46. The molecule has 0 saturated heterocycles. The van der Waals surface area contributed by atoms with Crippen LogP contribution in [-0.2, 0) is 21.1 Å². The van der Waals surface area contributed by atoms with Crippen molar-refractivity contribution in [1.82, 2.24) is 19.5 Å². The Balaban J connectivity index is 0.000000469. The third kappa shape index (κ3) is 5.24. The number of fused-ring (bicyclic) bond motifs is 1. The molecule has 0 aromatic carbocycles. The third-order valence-corrected chi connectivity index (χ3v) is 4.74. The Morgan fingerprint density at radius 1 is 1.27 bits per heavy atom. The van der Waals surface area contributed by atoms with Crippen LogP contribution in [0.25, 0.3) is 11.2 Å². The molecular formula is C16H21ClN6O6S. The molecule has 3 rings (SSSR count). The predicted molar refractivity (Wildman–Crippen MR) is 106 cm³/mol. The number of hydrogen-bond donors (Lipinski definition) is 1. The van der Waals surface area contributed by atoms with E-state index in [9.17, 15) is 13.0 Å². The molecule has 0 unspecified atom stereocenters. The summed E-state index contributed by atoms with van der Waals surface area (Å²) < 4.78 is 40.1. The highest BCUT2D eigenvalue weighted by molar-refractivity contribution is 7.80. The molecule has 0 aliphatic rings. The molecule has 0 aliphatic heterocycles. The first-order chi connectivity index (χ1) is 14.0. The van der Waals surface area contributed by atoms with Crippen LogP contribution in [0.2, 0.25) is 5.15 Å². The predicted octanol–water partition coefficient (Wildman–Crippen LogP) is 0.175. The molecule has 0 radical (unpaired) electrons. The van der Waals surface area contributed by atoms with Gasteiger partial charge in [-0.1, -0.05) is 11.6 Å². The highest BCUT2D eigenvalue weighted by Crippen LogP contribution is 2.25. The molecule has 0 fully saturated rings. The van der Waals surface area contributed by atoms with E-state index in [1.165, 1.54) is 0 Å². The summed E-state index contributed by atoms with van der Waals surface area (Å²) in [4.78, 5) is 17.9. The van der Waals surface area contributed by atoms with Crippen molar-refractivity contribution in [2.75, 3.05) is 27.1 Å². The van der Waals surface area contributed by atoms with E-state index in [2.05, 4.69) is 19.1 Å². The normalized spacial score (nSPS) is 11.2. The highest BCUT2D eigenvalue weighted by Gasteiger charge is 2.24. The van der Waals surface area contributed by atoms with E-state index in [0.717, 1.165) is 29.7 Å². The Kier molecular flexibility index (Phi) is 7.36. The minimum Gasteiger partial charge on any atom is -0.726 e. The molecule has 3 aromatic rings. The number of rotatable bonds is 5. The van der Waals surface area contributed by atoms with Crippen molar-refractivity contribution in [2.45, 2.75) is 20.4 Å². The van der Waals surface area contributed by atoms with Gasteiger partial charge in [-0.15, -0.1) is 0 Å². The van der Waals surface area contributed by atoms with Crippen LogP contribution in [0.3, 0.4) is 0 Å². The molecule has 0 aliphatic carbocycles. The van der Waals surface area contributed by atoms with E-state index in [1.54, 1.807) is 25.3 Å². The summed E-state index contributed by atoms with van der Waals surface area (Å²) in [7, 11) is -0.346. The summed E-state index contributed by atoms with van der Waals surface area (Å²) in [6.07, 6.45) is 3.52. The number of nitrogens with two attached hydrogens (primary N) is 1. The van der Waals surface area contributed by atoms with Crippen molar-refractivity contribution in [3.63, 3.8) is 0 Å². The van der Waals surface area contributed by atoms with Crippen molar-refractivity contribution < 1.29 is 31.5 Å². The Labute approximate surface area is 178 Å². The minimum atomic E-state index is -4.41. The number of nitrogens with zero attached hydrogens (tertiary/aromatic N) is 5. The summed E-state index contributed by atoms with van der Waals surface area (Å²) in [6.45, 7) is 4.40. The van der Waals surface area contributed by atoms with Gasteiger partial charge in [0.05, 0.1) is 31.7 Å². The number of pyridine rings is 1. The van der Waals surface area contributed by atoms with Crippen LogP contribution >= 0.6 is 11.6 Å². The van der Waals surface area contributed by atoms with Gasteiger partial charge in [0.15, 0.2) is 10.8 Å². The van der Waals surface area contributed by atoms with Crippen molar-refractivity contribution in [3.05, 3.63) is 34.5 Å². The summed E-state index contributed by atoms with van der Waals surface area (Å²) in [5.41, 5.74) is 9.61. The van der Waals surface area contributed by atoms with E-state index < -0.39 is 10.4 Å².